The van der Waals surface area contributed by atoms with E-state index in [4.69, 9.17) is 4.42 Å². The lowest BCUT2D eigenvalue weighted by atomic mass is 9.91. The van der Waals surface area contributed by atoms with Crippen LogP contribution in [0.15, 0.2) is 51.8 Å². The van der Waals surface area contributed by atoms with Gasteiger partial charge in [-0.2, -0.15) is 12.8 Å². The topological polar surface area (TPSA) is 94.8 Å². The van der Waals surface area contributed by atoms with E-state index in [0.29, 0.717) is 36.6 Å². The van der Waals surface area contributed by atoms with Crippen LogP contribution in [0.4, 0.5) is 5.69 Å². The van der Waals surface area contributed by atoms with Crippen LogP contribution >= 0.6 is 0 Å². The molecule has 2 aromatic carbocycles. The van der Waals surface area contributed by atoms with Crippen molar-refractivity contribution in [2.45, 2.75) is 37.9 Å². The first-order valence-corrected chi connectivity index (χ1v) is 13.0. The van der Waals surface area contributed by atoms with Crippen LogP contribution in [0.5, 0.6) is 0 Å². The van der Waals surface area contributed by atoms with Gasteiger partial charge in [-0.1, -0.05) is 29.7 Å². The fourth-order valence-electron chi connectivity index (χ4n) is 4.56. The van der Waals surface area contributed by atoms with Gasteiger partial charge in [0.25, 0.3) is 10.0 Å². The minimum absolute atomic E-state index is 0.232. The number of benzene rings is 2. The highest BCUT2D eigenvalue weighted by Gasteiger charge is 2.33. The highest BCUT2D eigenvalue weighted by molar-refractivity contribution is 7.92. The van der Waals surface area contributed by atoms with Crippen molar-refractivity contribution in [2.75, 3.05) is 30.6 Å². The second-order valence-corrected chi connectivity index (χ2v) is 10.9. The van der Waals surface area contributed by atoms with E-state index in [0.717, 1.165) is 42.8 Å². The maximum Gasteiger partial charge on any atom is 0.277 e. The molecule has 0 spiro atoms. The van der Waals surface area contributed by atoms with Gasteiger partial charge in [-0.05, 0) is 32.0 Å². The number of piperazine rings is 1. The van der Waals surface area contributed by atoms with Crippen LogP contribution in [0.3, 0.4) is 0 Å². The fourth-order valence-corrected chi connectivity index (χ4v) is 5.93. The molecule has 0 saturated carbocycles. The number of fused-ring (bicyclic) bond motifs is 1. The molecule has 9 nitrogen and oxygen atoms in total. The average Bonchev–Trinajstić information content (AvgIpc) is 3.47. The fraction of sp³-hybridized carbons (Fsp3) is 0.391. The maximum absolute atomic E-state index is 13.2. The van der Waals surface area contributed by atoms with Crippen molar-refractivity contribution in [3.63, 3.8) is 0 Å². The van der Waals surface area contributed by atoms with Crippen LogP contribution in [0.25, 0.3) is 11.5 Å². The van der Waals surface area contributed by atoms with Gasteiger partial charge >= 0.3 is 0 Å². The number of nitrogens with zero attached hydrogens (tertiary/aromatic N) is 5. The lowest BCUT2D eigenvalue weighted by Crippen LogP contribution is -2.48. The second-order valence-electron chi connectivity index (χ2n) is 9.13. The molecule has 2 aliphatic heterocycles. The van der Waals surface area contributed by atoms with Gasteiger partial charge in [-0.25, -0.2) is 5.43 Å². The lowest BCUT2D eigenvalue weighted by molar-refractivity contribution is 0.0979. The van der Waals surface area contributed by atoms with Crippen LogP contribution < -0.4 is 15.3 Å². The largest absolute Gasteiger partial charge is 0.419 e. The zero-order valence-corrected chi connectivity index (χ0v) is 20.5. The molecule has 0 atom stereocenters. The van der Waals surface area contributed by atoms with Crippen molar-refractivity contribution in [3.05, 3.63) is 53.9 Å². The van der Waals surface area contributed by atoms with Gasteiger partial charge in [0, 0.05) is 49.9 Å². The van der Waals surface area contributed by atoms with Crippen molar-refractivity contribution in [1.29, 1.82) is 0 Å². The molecule has 3 heterocycles. The van der Waals surface area contributed by atoms with E-state index < -0.39 is 10.0 Å². The Kier molecular flexibility index (Phi) is 6.19. The summed E-state index contributed by atoms with van der Waals surface area (Å²) in [7, 11) is -1.82. The van der Waals surface area contributed by atoms with Gasteiger partial charge in [-0.3, -0.25) is 9.80 Å². The molecule has 1 fully saturated rings. The van der Waals surface area contributed by atoms with E-state index >= 15 is 0 Å². The molecule has 0 radical (unpaired) electrons. The number of sulfonamides is 1. The Morgan fingerprint density at radius 1 is 1.09 bits per heavy atom. The minimum atomic E-state index is -3.75. The Balaban J connectivity index is 1.39. The Labute approximate surface area is 201 Å². The summed E-state index contributed by atoms with van der Waals surface area (Å²) in [5.74, 6) is 0.986. The molecule has 0 aliphatic carbocycles. The molecule has 0 bridgehead atoms. The van der Waals surface area contributed by atoms with Crippen LogP contribution in [0.2, 0.25) is 0 Å². The number of hydrogen-bond donors (Lipinski definition) is 1. The number of nitrogens with one attached hydrogen (secondary N) is 1. The molecule has 2 aliphatic rings. The van der Waals surface area contributed by atoms with Crippen LogP contribution in [0, 0.1) is 0 Å². The summed E-state index contributed by atoms with van der Waals surface area (Å²) in [5, 5.41) is 8.60. The Bertz CT molecular complexity index is 1270. The van der Waals surface area contributed by atoms with E-state index in [1.165, 1.54) is 4.41 Å². The zero-order chi connectivity index (χ0) is 23.9. The molecule has 0 unspecified atom stereocenters. The van der Waals surface area contributed by atoms with E-state index in [9.17, 15) is 8.42 Å². The van der Waals surface area contributed by atoms with Gasteiger partial charge in [0.15, 0.2) is 0 Å². The Morgan fingerprint density at radius 3 is 2.53 bits per heavy atom. The van der Waals surface area contributed by atoms with Gasteiger partial charge in [0.05, 0.1) is 17.1 Å². The summed E-state index contributed by atoms with van der Waals surface area (Å²) >= 11 is 0. The van der Waals surface area contributed by atoms with Gasteiger partial charge in [-0.15, -0.1) is 10.2 Å². The number of hydrazine groups is 1. The number of hydrogen-bond acceptors (Lipinski definition) is 8. The average molecular weight is 480 g/mol. The van der Waals surface area contributed by atoms with Crippen LogP contribution in [0.1, 0.15) is 25.3 Å². The van der Waals surface area contributed by atoms with E-state index in [2.05, 4.69) is 39.3 Å². The molecular formula is C23H29BN6O3S. The quantitative estimate of drug-likeness (QED) is 0.517. The van der Waals surface area contributed by atoms with Crippen molar-refractivity contribution in [3.8, 4) is 11.5 Å². The third-order valence-electron chi connectivity index (χ3n) is 6.46. The maximum atomic E-state index is 13.2. The standard InChI is InChI=1S/C23H29BN6O3S/c1-16(2)29-10-8-28(9-11-29)15-22-26-27-23(33-22)19-12-17(24)13-21-20(19)14-25-30(21)34(31,32)18-6-4-3-5-7-18/h3-7,12-13,16,25H,8-11,14-15,24H2,1-2H3. The number of rotatable bonds is 6. The van der Waals surface area contributed by atoms with Gasteiger partial charge < -0.3 is 4.42 Å². The molecule has 0 amide bonds. The normalized spacial score (nSPS) is 17.4. The summed E-state index contributed by atoms with van der Waals surface area (Å²) in [6.45, 7) is 9.40. The van der Waals surface area contributed by atoms with Crippen molar-refractivity contribution < 1.29 is 12.8 Å². The Morgan fingerprint density at radius 2 is 1.82 bits per heavy atom. The van der Waals surface area contributed by atoms with Crippen molar-refractivity contribution >= 4 is 29.0 Å². The predicted molar refractivity (Wildman–Crippen MR) is 133 cm³/mol. The number of aromatic nitrogens is 2. The molecule has 1 aromatic heterocycles. The molecular weight excluding hydrogens is 451 g/mol. The second kappa shape index (κ2) is 9.14. The van der Waals surface area contributed by atoms with Crippen LogP contribution in [-0.2, 0) is 23.1 Å². The summed E-state index contributed by atoms with van der Waals surface area (Å²) in [6.07, 6.45) is 0. The monoisotopic (exact) mass is 480 g/mol. The molecule has 1 N–H and O–H groups in total. The lowest BCUT2D eigenvalue weighted by Gasteiger charge is -2.36. The first kappa shape index (κ1) is 23.0. The van der Waals surface area contributed by atoms with E-state index in [1.807, 2.05) is 20.0 Å². The summed E-state index contributed by atoms with van der Waals surface area (Å²) in [5.41, 5.74) is 6.11. The highest BCUT2D eigenvalue weighted by atomic mass is 32.2. The summed E-state index contributed by atoms with van der Waals surface area (Å²) in [6, 6.07) is 12.8. The third kappa shape index (κ3) is 4.36. The third-order valence-corrected chi connectivity index (χ3v) is 8.14. The molecule has 178 valence electrons. The zero-order valence-electron chi connectivity index (χ0n) is 19.7. The van der Waals surface area contributed by atoms with E-state index in [-0.39, 0.29) is 4.90 Å². The predicted octanol–water partition coefficient (Wildman–Crippen LogP) is 0.734. The van der Waals surface area contributed by atoms with Gasteiger partial charge in [0.1, 0.15) is 7.85 Å². The first-order valence-electron chi connectivity index (χ1n) is 11.6. The molecule has 34 heavy (non-hydrogen) atoms. The minimum Gasteiger partial charge on any atom is -0.419 e. The van der Waals surface area contributed by atoms with Crippen molar-refractivity contribution in [1.82, 2.24) is 25.4 Å². The van der Waals surface area contributed by atoms with Gasteiger partial charge in [0.2, 0.25) is 11.8 Å². The molecule has 3 aromatic rings. The summed E-state index contributed by atoms with van der Waals surface area (Å²) < 4.78 is 33.8. The SMILES string of the molecule is Bc1cc(-c2nnc(CN3CCN(C(C)C)CC3)o2)c2c(c1)N(S(=O)(=O)c1ccccc1)NC2. The number of anilines is 1. The molecule has 1 saturated heterocycles. The van der Waals surface area contributed by atoms with E-state index in [1.54, 1.807) is 30.3 Å². The smallest absolute Gasteiger partial charge is 0.277 e. The highest BCUT2D eigenvalue weighted by Crippen LogP contribution is 2.36. The summed E-state index contributed by atoms with van der Waals surface area (Å²) in [4.78, 5) is 5.02. The van der Waals surface area contributed by atoms with Crippen LogP contribution in [-0.4, -0.2) is 68.5 Å². The molecule has 5 rings (SSSR count). The Hall–Kier alpha value is -2.73. The molecule has 11 heteroatoms. The first-order chi connectivity index (χ1) is 16.3. The van der Waals surface area contributed by atoms with Crippen molar-refractivity contribution in [2.24, 2.45) is 0 Å².